The molecule has 1 aliphatic rings. The first-order valence-electron chi connectivity index (χ1n) is 5.73. The Labute approximate surface area is 105 Å². The van der Waals surface area contributed by atoms with Crippen LogP contribution in [0.4, 0.5) is 0 Å². The molecule has 0 spiro atoms. The van der Waals surface area contributed by atoms with Gasteiger partial charge in [0.1, 0.15) is 4.34 Å². The molecule has 2 atom stereocenters. The SMILES string of the molecule is CC(NCCSc1nccs1)C1CCCO1. The number of hydrogen-bond acceptors (Lipinski definition) is 5. The molecule has 1 aromatic rings. The molecule has 16 heavy (non-hydrogen) atoms. The minimum Gasteiger partial charge on any atom is -0.377 e. The zero-order chi connectivity index (χ0) is 11.2. The molecule has 1 aliphatic heterocycles. The summed E-state index contributed by atoms with van der Waals surface area (Å²) in [6, 6.07) is 0.472. The maximum atomic E-state index is 5.64. The van der Waals surface area contributed by atoms with Crippen LogP contribution in [0.1, 0.15) is 19.8 Å². The van der Waals surface area contributed by atoms with Crippen molar-refractivity contribution in [3.05, 3.63) is 11.6 Å². The molecule has 2 unspecified atom stereocenters. The van der Waals surface area contributed by atoms with E-state index in [0.717, 1.165) is 23.2 Å². The molecule has 0 saturated carbocycles. The molecule has 0 bridgehead atoms. The third-order valence-electron chi connectivity index (χ3n) is 2.73. The number of ether oxygens (including phenoxy) is 1. The molecular weight excluding hydrogens is 240 g/mol. The summed E-state index contributed by atoms with van der Waals surface area (Å²) < 4.78 is 6.80. The van der Waals surface area contributed by atoms with E-state index in [2.05, 4.69) is 17.2 Å². The summed E-state index contributed by atoms with van der Waals surface area (Å²) in [5, 5.41) is 5.54. The number of rotatable bonds is 6. The standard InChI is InChI=1S/C11H18N2OS2/c1-9(10-3-2-6-14-10)12-4-7-15-11-13-5-8-16-11/h5,8-10,12H,2-4,6-7H2,1H3. The third-order valence-corrected chi connectivity index (χ3v) is 4.69. The van der Waals surface area contributed by atoms with E-state index in [1.165, 1.54) is 12.8 Å². The first-order chi connectivity index (χ1) is 7.86. The fraction of sp³-hybridized carbons (Fsp3) is 0.727. The quantitative estimate of drug-likeness (QED) is 0.627. The van der Waals surface area contributed by atoms with Crippen LogP contribution in [0.15, 0.2) is 15.9 Å². The number of hydrogen-bond donors (Lipinski definition) is 1. The van der Waals surface area contributed by atoms with Crippen molar-refractivity contribution in [2.75, 3.05) is 18.9 Å². The molecule has 2 rings (SSSR count). The van der Waals surface area contributed by atoms with E-state index >= 15 is 0 Å². The van der Waals surface area contributed by atoms with Gasteiger partial charge in [-0.05, 0) is 19.8 Å². The summed E-state index contributed by atoms with van der Waals surface area (Å²) in [6.07, 6.45) is 4.69. The van der Waals surface area contributed by atoms with Gasteiger partial charge in [-0.3, -0.25) is 0 Å². The largest absolute Gasteiger partial charge is 0.377 e. The van der Waals surface area contributed by atoms with E-state index in [9.17, 15) is 0 Å². The molecular formula is C11H18N2OS2. The van der Waals surface area contributed by atoms with Crippen LogP contribution >= 0.6 is 23.1 Å². The molecule has 1 aromatic heterocycles. The number of thiazole rings is 1. The number of aromatic nitrogens is 1. The summed E-state index contributed by atoms with van der Waals surface area (Å²) in [7, 11) is 0. The van der Waals surface area contributed by atoms with Gasteiger partial charge in [-0.2, -0.15) is 0 Å². The van der Waals surface area contributed by atoms with Gasteiger partial charge in [-0.25, -0.2) is 4.98 Å². The summed E-state index contributed by atoms with van der Waals surface area (Å²) >= 11 is 3.52. The van der Waals surface area contributed by atoms with Crippen molar-refractivity contribution in [2.24, 2.45) is 0 Å². The highest BCUT2D eigenvalue weighted by molar-refractivity contribution is 8.01. The molecule has 0 amide bonds. The van der Waals surface area contributed by atoms with Gasteiger partial charge >= 0.3 is 0 Å². The fourth-order valence-corrected chi connectivity index (χ4v) is 3.41. The van der Waals surface area contributed by atoms with Gasteiger partial charge in [0.25, 0.3) is 0 Å². The lowest BCUT2D eigenvalue weighted by atomic mass is 10.1. The highest BCUT2D eigenvalue weighted by atomic mass is 32.2. The van der Waals surface area contributed by atoms with Crippen LogP contribution in [-0.4, -0.2) is 36.0 Å². The summed E-state index contributed by atoms with van der Waals surface area (Å²) in [5.74, 6) is 1.07. The van der Waals surface area contributed by atoms with Gasteiger partial charge in [0.2, 0.25) is 0 Å². The third kappa shape index (κ3) is 3.73. The van der Waals surface area contributed by atoms with Crippen LogP contribution in [0, 0.1) is 0 Å². The zero-order valence-electron chi connectivity index (χ0n) is 9.52. The molecule has 0 aliphatic carbocycles. The van der Waals surface area contributed by atoms with Crippen molar-refractivity contribution in [1.29, 1.82) is 0 Å². The predicted octanol–water partition coefficient (Wildman–Crippen LogP) is 2.39. The second-order valence-electron chi connectivity index (χ2n) is 3.94. The molecule has 90 valence electrons. The minimum atomic E-state index is 0.421. The van der Waals surface area contributed by atoms with Gasteiger partial charge in [0.15, 0.2) is 0 Å². The molecule has 3 nitrogen and oxygen atoms in total. The summed E-state index contributed by atoms with van der Waals surface area (Å²) in [4.78, 5) is 4.24. The van der Waals surface area contributed by atoms with Crippen molar-refractivity contribution in [1.82, 2.24) is 10.3 Å². The number of thioether (sulfide) groups is 1. The van der Waals surface area contributed by atoms with Crippen LogP contribution < -0.4 is 5.32 Å². The van der Waals surface area contributed by atoms with Crippen molar-refractivity contribution >= 4 is 23.1 Å². The van der Waals surface area contributed by atoms with Gasteiger partial charge in [-0.15, -0.1) is 11.3 Å². The van der Waals surface area contributed by atoms with Gasteiger partial charge in [0, 0.05) is 36.5 Å². The van der Waals surface area contributed by atoms with Gasteiger partial charge in [0.05, 0.1) is 6.10 Å². The Bertz CT molecular complexity index is 286. The number of nitrogens with one attached hydrogen (secondary N) is 1. The Morgan fingerprint density at radius 1 is 1.75 bits per heavy atom. The second-order valence-corrected chi connectivity index (χ2v) is 6.18. The zero-order valence-corrected chi connectivity index (χ0v) is 11.1. The Balaban J connectivity index is 1.57. The van der Waals surface area contributed by atoms with Crippen LogP contribution in [0.3, 0.4) is 0 Å². The van der Waals surface area contributed by atoms with Gasteiger partial charge < -0.3 is 10.1 Å². The lowest BCUT2D eigenvalue weighted by Crippen LogP contribution is -2.38. The lowest BCUT2D eigenvalue weighted by molar-refractivity contribution is 0.0844. The molecule has 1 saturated heterocycles. The first kappa shape index (κ1) is 12.4. The van der Waals surface area contributed by atoms with Crippen LogP contribution in [0.2, 0.25) is 0 Å². The molecule has 1 N–H and O–H groups in total. The molecule has 2 heterocycles. The Morgan fingerprint density at radius 2 is 2.69 bits per heavy atom. The van der Waals surface area contributed by atoms with Crippen molar-refractivity contribution < 1.29 is 4.74 Å². The minimum absolute atomic E-state index is 0.421. The van der Waals surface area contributed by atoms with E-state index in [-0.39, 0.29) is 0 Å². The van der Waals surface area contributed by atoms with E-state index in [0.29, 0.717) is 12.1 Å². The maximum Gasteiger partial charge on any atom is 0.149 e. The smallest absolute Gasteiger partial charge is 0.149 e. The Kier molecular flexibility index (Phi) is 5.09. The maximum absolute atomic E-state index is 5.64. The van der Waals surface area contributed by atoms with E-state index < -0.39 is 0 Å². The lowest BCUT2D eigenvalue weighted by Gasteiger charge is -2.19. The molecule has 0 radical (unpaired) electrons. The van der Waals surface area contributed by atoms with Crippen molar-refractivity contribution in [2.45, 2.75) is 36.3 Å². The van der Waals surface area contributed by atoms with Crippen molar-refractivity contribution in [3.63, 3.8) is 0 Å². The predicted molar refractivity (Wildman–Crippen MR) is 69.3 cm³/mol. The molecule has 0 aromatic carbocycles. The Hall–Kier alpha value is -0.100. The monoisotopic (exact) mass is 258 g/mol. The van der Waals surface area contributed by atoms with E-state index in [1.54, 1.807) is 11.3 Å². The molecule has 5 heteroatoms. The fourth-order valence-electron chi connectivity index (χ4n) is 1.83. The molecule has 1 fully saturated rings. The van der Waals surface area contributed by atoms with Crippen molar-refractivity contribution in [3.8, 4) is 0 Å². The van der Waals surface area contributed by atoms with Crippen LogP contribution in [0.5, 0.6) is 0 Å². The summed E-state index contributed by atoms with van der Waals surface area (Å²) in [6.45, 7) is 4.17. The number of nitrogens with zero attached hydrogens (tertiary/aromatic N) is 1. The summed E-state index contributed by atoms with van der Waals surface area (Å²) in [5.41, 5.74) is 0. The van der Waals surface area contributed by atoms with Gasteiger partial charge in [-0.1, -0.05) is 11.8 Å². The Morgan fingerprint density at radius 3 is 3.38 bits per heavy atom. The van der Waals surface area contributed by atoms with Crippen LogP contribution in [0.25, 0.3) is 0 Å². The normalized spacial score (nSPS) is 22.4. The average molecular weight is 258 g/mol. The first-order valence-corrected chi connectivity index (χ1v) is 7.60. The van der Waals surface area contributed by atoms with Crippen LogP contribution in [-0.2, 0) is 4.74 Å². The highest BCUT2D eigenvalue weighted by Crippen LogP contribution is 2.19. The highest BCUT2D eigenvalue weighted by Gasteiger charge is 2.21. The van der Waals surface area contributed by atoms with E-state index in [4.69, 9.17) is 4.74 Å². The topological polar surface area (TPSA) is 34.2 Å². The average Bonchev–Trinajstić information content (AvgIpc) is 2.96. The van der Waals surface area contributed by atoms with E-state index in [1.807, 2.05) is 23.3 Å². The second kappa shape index (κ2) is 6.59.